The Kier molecular flexibility index (Phi) is 18.8. The second kappa shape index (κ2) is 15.4. The Bertz CT molecular complexity index is 391. The van der Waals surface area contributed by atoms with Gasteiger partial charge in [0.15, 0.2) is 0 Å². The van der Waals surface area contributed by atoms with E-state index < -0.39 is 28.4 Å². The van der Waals surface area contributed by atoms with E-state index in [1.807, 2.05) is 17.8 Å². The van der Waals surface area contributed by atoms with Crippen molar-refractivity contribution in [2.45, 2.75) is 20.1 Å². The smallest absolute Gasteiger partial charge is 0.418 e. The number of aryl methyl sites for hydroxylation is 2. The normalized spacial score (nSPS) is 10.9. The first kappa shape index (κ1) is 33.0. The molecule has 0 aromatic carbocycles. The summed E-state index contributed by atoms with van der Waals surface area (Å²) < 4.78 is 150. The lowest BCUT2D eigenvalue weighted by atomic mass is 10.3. The maximum atomic E-state index is 9.75. The van der Waals surface area contributed by atoms with E-state index in [-0.39, 0.29) is 0 Å². The van der Waals surface area contributed by atoms with E-state index in [1.54, 1.807) is 0 Å². The summed E-state index contributed by atoms with van der Waals surface area (Å²) in [4.78, 5) is 0. The van der Waals surface area contributed by atoms with Crippen LogP contribution in [0.5, 0.6) is 0 Å². The highest BCUT2D eigenvalue weighted by atomic mass is 19.5. The molecule has 1 aromatic rings. The van der Waals surface area contributed by atoms with Gasteiger partial charge in [-0.2, -0.15) is 13.2 Å². The van der Waals surface area contributed by atoms with Crippen molar-refractivity contribution in [1.29, 1.82) is 0 Å². The standard InChI is InChI=1S/C6H11N2.CHF3.3BF4/c1-3-8-5-4-7(2)6-8;2-1(3)4;3*2-1(3,4)5/h4-6H,3H2,1-2H3;1H;;;/q+1;;3*-1. The maximum Gasteiger partial charge on any atom is 0.673 e. The van der Waals surface area contributed by atoms with E-state index in [1.165, 1.54) is 0 Å². The van der Waals surface area contributed by atoms with Gasteiger partial charge in [-0.3, -0.25) is 0 Å². The molecular formula is C7H12B3F15N2-2. The highest BCUT2D eigenvalue weighted by Gasteiger charge is 2.21. The number of imidazole rings is 1. The highest BCUT2D eigenvalue weighted by molar-refractivity contribution is 6.50. The number of hydrogen-bond donors (Lipinski definition) is 0. The van der Waals surface area contributed by atoms with Crippen LogP contribution in [0.4, 0.5) is 65.0 Å². The monoisotopic (exact) mass is 442 g/mol. The molecule has 0 aliphatic rings. The summed E-state index contributed by atoms with van der Waals surface area (Å²) in [5.41, 5.74) is 0. The molecule has 20 heteroatoms. The predicted molar refractivity (Wildman–Crippen MR) is 69.0 cm³/mol. The topological polar surface area (TPSA) is 8.81 Å². The molecule has 27 heavy (non-hydrogen) atoms. The first-order chi connectivity index (χ1) is 11.6. The molecule has 0 fully saturated rings. The molecule has 166 valence electrons. The average molecular weight is 442 g/mol. The summed E-state index contributed by atoms with van der Waals surface area (Å²) in [6.45, 7) is -0.485. The fourth-order valence-corrected chi connectivity index (χ4v) is 0.689. The van der Waals surface area contributed by atoms with Crippen molar-refractivity contribution in [3.8, 4) is 0 Å². The summed E-state index contributed by atoms with van der Waals surface area (Å²) in [6.07, 6.45) is 6.14. The van der Waals surface area contributed by atoms with Gasteiger partial charge in [-0.05, 0) is 6.92 Å². The molecule has 0 bridgehead atoms. The van der Waals surface area contributed by atoms with E-state index in [9.17, 15) is 65.0 Å². The van der Waals surface area contributed by atoms with Gasteiger partial charge in [0.25, 0.3) is 0 Å². The van der Waals surface area contributed by atoms with Crippen LogP contribution < -0.4 is 4.57 Å². The average Bonchev–Trinajstić information content (AvgIpc) is 2.67. The molecule has 0 spiro atoms. The van der Waals surface area contributed by atoms with Crippen LogP contribution >= 0.6 is 0 Å². The molecule has 0 radical (unpaired) electrons. The summed E-state index contributed by atoms with van der Waals surface area (Å²) in [5.74, 6) is 0. The molecule has 0 saturated heterocycles. The van der Waals surface area contributed by atoms with Crippen molar-refractivity contribution in [2.24, 2.45) is 7.05 Å². The first-order valence-electron chi connectivity index (χ1n) is 6.11. The Morgan fingerprint density at radius 3 is 1.04 bits per heavy atom. The molecule has 0 aliphatic heterocycles. The van der Waals surface area contributed by atoms with Crippen molar-refractivity contribution in [2.75, 3.05) is 0 Å². The SMILES string of the molecule is CCn1cc[n+](C)c1.FC(F)F.F[B-](F)(F)F.F[B-](F)(F)F.F[B-](F)(F)F. The third-order valence-corrected chi connectivity index (χ3v) is 1.19. The fourth-order valence-electron chi connectivity index (χ4n) is 0.689. The Labute approximate surface area is 143 Å². The Morgan fingerprint density at radius 2 is 0.963 bits per heavy atom. The molecule has 1 aromatic heterocycles. The number of aromatic nitrogens is 2. The van der Waals surface area contributed by atoms with Crippen molar-refractivity contribution >= 4 is 21.8 Å². The zero-order valence-corrected chi connectivity index (χ0v) is 13.3. The largest absolute Gasteiger partial charge is 0.673 e. The number of nitrogens with zero attached hydrogens (tertiary/aromatic N) is 2. The van der Waals surface area contributed by atoms with Crippen LogP contribution in [0, 0.1) is 0 Å². The van der Waals surface area contributed by atoms with Crippen LogP contribution in [0.15, 0.2) is 18.7 Å². The first-order valence-corrected chi connectivity index (χ1v) is 6.11. The molecule has 0 atom stereocenters. The molecular weight excluding hydrogens is 429 g/mol. The van der Waals surface area contributed by atoms with E-state index in [2.05, 4.69) is 24.0 Å². The molecule has 1 heterocycles. The fraction of sp³-hybridized carbons (Fsp3) is 0.571. The molecule has 1 rings (SSSR count). The zero-order chi connectivity index (χ0) is 23.1. The lowest BCUT2D eigenvalue weighted by molar-refractivity contribution is -0.671. The van der Waals surface area contributed by atoms with E-state index in [4.69, 9.17) is 0 Å². The van der Waals surface area contributed by atoms with Crippen molar-refractivity contribution < 1.29 is 69.5 Å². The number of alkyl halides is 3. The van der Waals surface area contributed by atoms with Gasteiger partial charge in [0.2, 0.25) is 6.33 Å². The minimum absolute atomic E-state index is 1.06. The summed E-state index contributed by atoms with van der Waals surface area (Å²) in [5, 5.41) is 0. The summed E-state index contributed by atoms with van der Waals surface area (Å²) >= 11 is 0. The quantitative estimate of drug-likeness (QED) is 0.313. The molecule has 0 saturated carbocycles. The third kappa shape index (κ3) is 139. The van der Waals surface area contributed by atoms with Gasteiger partial charge >= 0.3 is 28.4 Å². The number of hydrogen-bond acceptors (Lipinski definition) is 0. The van der Waals surface area contributed by atoms with Crippen LogP contribution in [0.2, 0.25) is 0 Å². The number of halogens is 15. The maximum absolute atomic E-state index is 9.75. The molecule has 0 N–H and O–H groups in total. The zero-order valence-electron chi connectivity index (χ0n) is 13.3. The third-order valence-electron chi connectivity index (χ3n) is 1.19. The summed E-state index contributed by atoms with van der Waals surface area (Å²) in [6, 6.07) is 0. The molecule has 0 aliphatic carbocycles. The Balaban J connectivity index is -0.000000126. The summed E-state index contributed by atoms with van der Waals surface area (Å²) in [7, 11) is -16.0. The van der Waals surface area contributed by atoms with Crippen LogP contribution in [0.1, 0.15) is 6.92 Å². The van der Waals surface area contributed by atoms with Gasteiger partial charge in [-0.15, -0.1) is 0 Å². The van der Waals surface area contributed by atoms with Gasteiger partial charge in [-0.25, -0.2) is 9.13 Å². The minimum Gasteiger partial charge on any atom is -0.418 e. The predicted octanol–water partition coefficient (Wildman–Crippen LogP) is 5.41. The lowest BCUT2D eigenvalue weighted by Crippen LogP contribution is -2.23. The lowest BCUT2D eigenvalue weighted by Gasteiger charge is -1.94. The van der Waals surface area contributed by atoms with Gasteiger partial charge in [0.1, 0.15) is 12.4 Å². The Morgan fingerprint density at radius 1 is 0.741 bits per heavy atom. The van der Waals surface area contributed by atoms with E-state index in [0.717, 1.165) is 6.54 Å². The van der Waals surface area contributed by atoms with Crippen LogP contribution in [-0.4, -0.2) is 33.0 Å². The van der Waals surface area contributed by atoms with Gasteiger partial charge < -0.3 is 51.8 Å². The minimum atomic E-state index is -6.00. The van der Waals surface area contributed by atoms with Gasteiger partial charge in [0, 0.05) is 0 Å². The van der Waals surface area contributed by atoms with Crippen LogP contribution in [0.25, 0.3) is 0 Å². The van der Waals surface area contributed by atoms with Crippen LogP contribution in [0.3, 0.4) is 0 Å². The molecule has 0 unspecified atom stereocenters. The number of rotatable bonds is 1. The van der Waals surface area contributed by atoms with E-state index in [0.29, 0.717) is 0 Å². The molecule has 2 nitrogen and oxygen atoms in total. The van der Waals surface area contributed by atoms with E-state index >= 15 is 0 Å². The van der Waals surface area contributed by atoms with Crippen LogP contribution in [-0.2, 0) is 13.6 Å². The Hall–Kier alpha value is -1.65. The second-order valence-corrected chi connectivity index (χ2v) is 3.64. The van der Waals surface area contributed by atoms with Gasteiger partial charge in [-0.1, -0.05) is 0 Å². The second-order valence-electron chi connectivity index (χ2n) is 3.64. The molecule has 0 amide bonds. The van der Waals surface area contributed by atoms with Crippen molar-refractivity contribution in [1.82, 2.24) is 4.57 Å². The van der Waals surface area contributed by atoms with Gasteiger partial charge in [0.05, 0.1) is 13.6 Å². The van der Waals surface area contributed by atoms with Crippen molar-refractivity contribution in [3.63, 3.8) is 0 Å². The highest BCUT2D eigenvalue weighted by Crippen LogP contribution is 2.07. The van der Waals surface area contributed by atoms with Crippen molar-refractivity contribution in [3.05, 3.63) is 18.7 Å².